The molecule has 2 aromatic rings. The van der Waals surface area contributed by atoms with Gasteiger partial charge in [-0.25, -0.2) is 9.67 Å². The van der Waals surface area contributed by atoms with Crippen LogP contribution in [0.2, 0.25) is 0 Å². The number of aromatic nitrogens is 5. The van der Waals surface area contributed by atoms with E-state index in [0.717, 1.165) is 37.8 Å². The number of nitrogens with zero attached hydrogens (tertiary/aromatic N) is 6. The summed E-state index contributed by atoms with van der Waals surface area (Å²) in [6, 6.07) is 1.98. The topological polar surface area (TPSA) is 68.8 Å². The molecule has 0 spiro atoms. The average Bonchev–Trinajstić information content (AvgIpc) is 3.22. The minimum atomic E-state index is -0.254. The van der Waals surface area contributed by atoms with Crippen molar-refractivity contribution >= 4 is 21.8 Å². The standard InChI is InChI=1S/C19H25BrN6O/c1-24(10-15-3-4-22-25(15)2)16(27)18-6-13-5-14(7-18)9-19(8-13,11-18)26-12-21-17(20)23-26/h3-4,12-14H,5-11H2,1-2H3. The third-order valence-corrected chi connectivity index (χ3v) is 7.47. The summed E-state index contributed by atoms with van der Waals surface area (Å²) in [4.78, 5) is 19.9. The zero-order valence-electron chi connectivity index (χ0n) is 15.8. The molecule has 2 heterocycles. The Hall–Kier alpha value is -1.70. The monoisotopic (exact) mass is 432 g/mol. The van der Waals surface area contributed by atoms with Gasteiger partial charge < -0.3 is 4.90 Å². The van der Waals surface area contributed by atoms with Gasteiger partial charge in [0, 0.05) is 20.3 Å². The van der Waals surface area contributed by atoms with Crippen LogP contribution in [0.1, 0.15) is 44.2 Å². The maximum absolute atomic E-state index is 13.7. The molecular formula is C19H25BrN6O. The summed E-state index contributed by atoms with van der Waals surface area (Å²) in [6.45, 7) is 0.605. The highest BCUT2D eigenvalue weighted by molar-refractivity contribution is 9.10. The predicted molar refractivity (Wildman–Crippen MR) is 102 cm³/mol. The first-order valence-corrected chi connectivity index (χ1v) is 10.5. The van der Waals surface area contributed by atoms with Gasteiger partial charge >= 0.3 is 0 Å². The molecule has 4 aliphatic carbocycles. The molecule has 4 aliphatic rings. The van der Waals surface area contributed by atoms with Crippen LogP contribution in [0, 0.1) is 17.3 Å². The summed E-state index contributed by atoms with van der Waals surface area (Å²) in [6.07, 6.45) is 10.1. The highest BCUT2D eigenvalue weighted by Crippen LogP contribution is 2.64. The third kappa shape index (κ3) is 2.67. The lowest BCUT2D eigenvalue weighted by Crippen LogP contribution is -2.61. The lowest BCUT2D eigenvalue weighted by atomic mass is 9.46. The minimum Gasteiger partial charge on any atom is -0.339 e. The largest absolute Gasteiger partial charge is 0.339 e. The van der Waals surface area contributed by atoms with Crippen LogP contribution in [-0.4, -0.2) is 42.4 Å². The molecule has 8 heteroatoms. The normalized spacial score (nSPS) is 34.2. The van der Waals surface area contributed by atoms with Crippen LogP contribution in [0.5, 0.6) is 0 Å². The summed E-state index contributed by atoms with van der Waals surface area (Å²) >= 11 is 3.39. The third-order valence-electron chi connectivity index (χ3n) is 7.10. The van der Waals surface area contributed by atoms with Crippen molar-refractivity contribution in [1.29, 1.82) is 0 Å². The maximum atomic E-state index is 13.7. The van der Waals surface area contributed by atoms with E-state index in [-0.39, 0.29) is 11.0 Å². The number of rotatable bonds is 4. The van der Waals surface area contributed by atoms with Crippen molar-refractivity contribution in [3.63, 3.8) is 0 Å². The van der Waals surface area contributed by atoms with Gasteiger partial charge in [0.25, 0.3) is 0 Å². The molecule has 1 amide bonds. The number of amides is 1. The SMILES string of the molecule is CN(Cc1ccnn1C)C(=O)C12CC3CC(C1)CC(n1cnc(Br)n1)(C3)C2. The Bertz CT molecular complexity index is 874. The van der Waals surface area contributed by atoms with E-state index in [9.17, 15) is 4.79 Å². The van der Waals surface area contributed by atoms with E-state index in [0.29, 0.717) is 29.0 Å². The minimum absolute atomic E-state index is 0.0495. The highest BCUT2D eigenvalue weighted by Gasteiger charge is 2.62. The van der Waals surface area contributed by atoms with E-state index in [1.807, 2.05) is 36.1 Å². The molecule has 0 aromatic carbocycles. The first-order chi connectivity index (χ1) is 12.9. The summed E-state index contributed by atoms with van der Waals surface area (Å²) in [5, 5.41) is 8.82. The fraction of sp³-hybridized carbons (Fsp3) is 0.684. The van der Waals surface area contributed by atoms with Crippen molar-refractivity contribution in [3.05, 3.63) is 29.0 Å². The van der Waals surface area contributed by atoms with Crippen molar-refractivity contribution in [2.24, 2.45) is 24.3 Å². The number of carbonyl (C=O) groups is 1. The Morgan fingerprint density at radius 1 is 1.33 bits per heavy atom. The predicted octanol–water partition coefficient (Wildman–Crippen LogP) is 2.73. The molecule has 2 unspecified atom stereocenters. The summed E-state index contributed by atoms with van der Waals surface area (Å²) in [7, 11) is 3.86. The van der Waals surface area contributed by atoms with Gasteiger partial charge in [-0.15, -0.1) is 5.10 Å². The second kappa shape index (κ2) is 5.90. The van der Waals surface area contributed by atoms with Crippen LogP contribution in [0.3, 0.4) is 0 Å². The number of hydrogen-bond donors (Lipinski definition) is 0. The molecular weight excluding hydrogens is 408 g/mol. The van der Waals surface area contributed by atoms with Gasteiger partial charge in [-0.2, -0.15) is 5.10 Å². The van der Waals surface area contributed by atoms with Gasteiger partial charge in [-0.1, -0.05) is 0 Å². The molecule has 0 N–H and O–H groups in total. The molecule has 0 aliphatic heterocycles. The van der Waals surface area contributed by atoms with E-state index in [1.54, 1.807) is 6.20 Å². The second-order valence-electron chi connectivity index (χ2n) is 9.03. The van der Waals surface area contributed by atoms with E-state index >= 15 is 0 Å². The number of halogens is 1. The molecule has 0 saturated heterocycles. The smallest absolute Gasteiger partial charge is 0.228 e. The maximum Gasteiger partial charge on any atom is 0.228 e. The summed E-state index contributed by atoms with van der Waals surface area (Å²) in [5.74, 6) is 1.52. The van der Waals surface area contributed by atoms with E-state index in [2.05, 4.69) is 35.8 Å². The van der Waals surface area contributed by atoms with Gasteiger partial charge in [0.05, 0.1) is 23.2 Å². The Kier molecular flexibility index (Phi) is 3.80. The van der Waals surface area contributed by atoms with Crippen molar-refractivity contribution in [1.82, 2.24) is 29.4 Å². The zero-order valence-corrected chi connectivity index (χ0v) is 17.4. The van der Waals surface area contributed by atoms with Gasteiger partial charge in [0.2, 0.25) is 10.6 Å². The summed E-state index contributed by atoms with van der Waals surface area (Å²) < 4.78 is 4.53. The zero-order chi connectivity index (χ0) is 18.8. The van der Waals surface area contributed by atoms with Crippen LogP contribution in [0.15, 0.2) is 23.3 Å². The molecule has 7 nitrogen and oxygen atoms in total. The first-order valence-electron chi connectivity index (χ1n) is 9.69. The fourth-order valence-corrected chi connectivity index (χ4v) is 6.74. The lowest BCUT2D eigenvalue weighted by Gasteiger charge is -2.61. The summed E-state index contributed by atoms with van der Waals surface area (Å²) in [5.41, 5.74) is 0.757. The van der Waals surface area contributed by atoms with Crippen molar-refractivity contribution in [3.8, 4) is 0 Å². The Balaban J connectivity index is 1.45. The van der Waals surface area contributed by atoms with Crippen LogP contribution in [-0.2, 0) is 23.9 Å². The number of aryl methyl sites for hydroxylation is 1. The Labute approximate surface area is 167 Å². The molecule has 0 radical (unpaired) electrons. The van der Waals surface area contributed by atoms with Crippen LogP contribution in [0.4, 0.5) is 0 Å². The van der Waals surface area contributed by atoms with Crippen molar-refractivity contribution < 1.29 is 4.79 Å². The average molecular weight is 433 g/mol. The van der Waals surface area contributed by atoms with Crippen LogP contribution >= 0.6 is 15.9 Å². The first kappa shape index (κ1) is 17.4. The molecule has 4 saturated carbocycles. The second-order valence-corrected chi connectivity index (χ2v) is 9.74. The molecule has 2 aromatic heterocycles. The molecule has 2 atom stereocenters. The van der Waals surface area contributed by atoms with Gasteiger partial charge in [0.1, 0.15) is 6.33 Å². The van der Waals surface area contributed by atoms with Gasteiger partial charge in [0.15, 0.2) is 0 Å². The number of carbonyl (C=O) groups excluding carboxylic acids is 1. The molecule has 6 rings (SSSR count). The molecule has 4 bridgehead atoms. The molecule has 4 fully saturated rings. The highest BCUT2D eigenvalue weighted by atomic mass is 79.9. The number of hydrogen-bond acceptors (Lipinski definition) is 4. The van der Waals surface area contributed by atoms with Gasteiger partial charge in [-0.05, 0) is 72.4 Å². The lowest BCUT2D eigenvalue weighted by molar-refractivity contribution is -0.166. The van der Waals surface area contributed by atoms with E-state index in [4.69, 9.17) is 0 Å². The molecule has 27 heavy (non-hydrogen) atoms. The quantitative estimate of drug-likeness (QED) is 0.744. The van der Waals surface area contributed by atoms with Crippen LogP contribution < -0.4 is 0 Å². The fourth-order valence-electron chi connectivity index (χ4n) is 6.48. The van der Waals surface area contributed by atoms with Gasteiger partial charge in [-0.3, -0.25) is 9.48 Å². The Morgan fingerprint density at radius 2 is 2.07 bits per heavy atom. The van der Waals surface area contributed by atoms with E-state index < -0.39 is 0 Å². The van der Waals surface area contributed by atoms with Crippen LogP contribution in [0.25, 0.3) is 0 Å². The van der Waals surface area contributed by atoms with Crippen molar-refractivity contribution in [2.75, 3.05) is 7.05 Å². The molecule has 144 valence electrons. The van der Waals surface area contributed by atoms with Crippen molar-refractivity contribution in [2.45, 2.75) is 50.6 Å². The van der Waals surface area contributed by atoms with E-state index in [1.165, 1.54) is 6.42 Å². The Morgan fingerprint density at radius 3 is 2.67 bits per heavy atom.